The number of carbonyl (C=O) groups excluding carboxylic acids is 2. The highest BCUT2D eigenvalue weighted by Crippen LogP contribution is 2.30. The van der Waals surface area contributed by atoms with Gasteiger partial charge in [0.2, 0.25) is 5.91 Å². The van der Waals surface area contributed by atoms with Gasteiger partial charge >= 0.3 is 5.97 Å². The Bertz CT molecular complexity index is 1430. The van der Waals surface area contributed by atoms with Crippen molar-refractivity contribution in [3.8, 4) is 0 Å². The Morgan fingerprint density at radius 3 is 2.54 bits per heavy atom. The molecule has 0 aliphatic carbocycles. The maximum Gasteiger partial charge on any atom is 0.356 e. The SMILES string of the molecule is Cc1[nH]c([C@@H](Cc2c[nH]c3ccccc23)N(C(=O)c2cccnc2)C(=O)[C@@H](N)CC(C)C)nc1C(=O)O. The molecule has 10 nitrogen and oxygen atoms in total. The van der Waals surface area contributed by atoms with Gasteiger partial charge in [0.15, 0.2) is 5.69 Å². The van der Waals surface area contributed by atoms with Gasteiger partial charge in [0.25, 0.3) is 5.91 Å². The third-order valence-corrected chi connectivity index (χ3v) is 6.23. The van der Waals surface area contributed by atoms with Crippen LogP contribution in [0.15, 0.2) is 55.0 Å². The second-order valence-corrected chi connectivity index (χ2v) is 9.47. The zero-order valence-corrected chi connectivity index (χ0v) is 20.9. The molecular formula is C27H30N6O4. The third-order valence-electron chi connectivity index (χ3n) is 6.23. The van der Waals surface area contributed by atoms with Crippen LogP contribution in [0.1, 0.15) is 64.2 Å². The highest BCUT2D eigenvalue weighted by atomic mass is 16.4. The van der Waals surface area contributed by atoms with Crippen molar-refractivity contribution in [3.05, 3.63) is 83.3 Å². The quantitative estimate of drug-likeness (QED) is 0.272. The van der Waals surface area contributed by atoms with E-state index in [2.05, 4.69) is 19.9 Å². The van der Waals surface area contributed by atoms with Crippen LogP contribution in [-0.4, -0.2) is 53.8 Å². The summed E-state index contributed by atoms with van der Waals surface area (Å²) in [5, 5.41) is 10.5. The van der Waals surface area contributed by atoms with Crippen molar-refractivity contribution in [1.82, 2.24) is 24.8 Å². The number of amides is 2. The van der Waals surface area contributed by atoms with Gasteiger partial charge < -0.3 is 20.8 Å². The Hall–Kier alpha value is -4.31. The number of aromatic amines is 2. The highest BCUT2D eigenvalue weighted by Gasteiger charge is 2.37. The van der Waals surface area contributed by atoms with Crippen LogP contribution in [0.25, 0.3) is 10.9 Å². The van der Waals surface area contributed by atoms with E-state index in [1.165, 1.54) is 12.4 Å². The first-order valence-electron chi connectivity index (χ1n) is 12.0. The maximum absolute atomic E-state index is 13.9. The zero-order valence-electron chi connectivity index (χ0n) is 20.9. The molecule has 0 fully saturated rings. The molecule has 4 aromatic rings. The summed E-state index contributed by atoms with van der Waals surface area (Å²) in [6, 6.07) is 8.95. The number of pyridine rings is 1. The van der Waals surface area contributed by atoms with Crippen molar-refractivity contribution in [3.63, 3.8) is 0 Å². The molecular weight excluding hydrogens is 472 g/mol. The first-order valence-corrected chi connectivity index (χ1v) is 12.0. The van der Waals surface area contributed by atoms with E-state index in [0.29, 0.717) is 12.1 Å². The molecule has 0 aliphatic rings. The van der Waals surface area contributed by atoms with Gasteiger partial charge in [-0.15, -0.1) is 0 Å². The van der Waals surface area contributed by atoms with Gasteiger partial charge in [0.05, 0.1) is 11.6 Å². The number of carboxylic acids is 1. The fourth-order valence-corrected chi connectivity index (χ4v) is 4.48. The molecule has 3 heterocycles. The van der Waals surface area contributed by atoms with Crippen LogP contribution in [0, 0.1) is 12.8 Å². The maximum atomic E-state index is 13.9. The van der Waals surface area contributed by atoms with Gasteiger partial charge in [0, 0.05) is 41.6 Å². The summed E-state index contributed by atoms with van der Waals surface area (Å²) in [5.41, 5.74) is 8.39. The second-order valence-electron chi connectivity index (χ2n) is 9.47. The number of carbonyl (C=O) groups is 3. The number of H-pyrrole nitrogens is 2. The molecule has 1 aromatic carbocycles. The lowest BCUT2D eigenvalue weighted by Gasteiger charge is -2.31. The molecule has 0 spiro atoms. The number of imidazole rings is 1. The van der Waals surface area contributed by atoms with Crippen LogP contribution in [0.5, 0.6) is 0 Å². The number of rotatable bonds is 9. The summed E-state index contributed by atoms with van der Waals surface area (Å²) in [4.78, 5) is 55.1. The monoisotopic (exact) mass is 502 g/mol. The molecule has 37 heavy (non-hydrogen) atoms. The Kier molecular flexibility index (Phi) is 7.49. The molecule has 0 radical (unpaired) electrons. The number of hydrogen-bond acceptors (Lipinski definition) is 6. The Morgan fingerprint density at radius 1 is 1.14 bits per heavy atom. The van der Waals surface area contributed by atoms with Crippen LogP contribution in [0.4, 0.5) is 0 Å². The molecule has 0 saturated heterocycles. The van der Waals surface area contributed by atoms with E-state index in [0.717, 1.165) is 21.4 Å². The number of hydrogen-bond donors (Lipinski definition) is 4. The number of aryl methyl sites for hydroxylation is 1. The number of aromatic nitrogens is 4. The van der Waals surface area contributed by atoms with E-state index < -0.39 is 29.9 Å². The predicted molar refractivity (Wildman–Crippen MR) is 138 cm³/mol. The van der Waals surface area contributed by atoms with Crippen LogP contribution in [0.3, 0.4) is 0 Å². The molecule has 192 valence electrons. The van der Waals surface area contributed by atoms with Crippen LogP contribution in [0.2, 0.25) is 0 Å². The van der Waals surface area contributed by atoms with E-state index in [1.807, 2.05) is 44.3 Å². The Labute approximate surface area is 213 Å². The average molecular weight is 503 g/mol. The lowest BCUT2D eigenvalue weighted by atomic mass is 9.99. The first-order chi connectivity index (χ1) is 17.7. The summed E-state index contributed by atoms with van der Waals surface area (Å²) in [6.07, 6.45) is 5.29. The standard InChI is InChI=1S/C27H30N6O4/c1-15(2)11-20(28)26(35)33(25(34)17-7-6-10-29-13-17)22(24-31-16(3)23(32-24)27(36)37)12-18-14-30-21-9-5-4-8-19(18)21/h4-10,13-15,20,22,30H,11-12,28H2,1-3H3,(H,31,32)(H,36,37)/t20-,22+/m0/s1. The summed E-state index contributed by atoms with van der Waals surface area (Å²) < 4.78 is 0. The molecule has 2 amide bonds. The largest absolute Gasteiger partial charge is 0.476 e. The summed E-state index contributed by atoms with van der Waals surface area (Å²) in [6.45, 7) is 5.47. The third kappa shape index (κ3) is 5.44. The van der Waals surface area contributed by atoms with Crippen molar-refractivity contribution in [2.75, 3.05) is 0 Å². The van der Waals surface area contributed by atoms with Gasteiger partial charge in [-0.25, -0.2) is 9.78 Å². The van der Waals surface area contributed by atoms with Crippen LogP contribution < -0.4 is 5.73 Å². The summed E-state index contributed by atoms with van der Waals surface area (Å²) in [7, 11) is 0. The topological polar surface area (TPSA) is 158 Å². The number of nitrogens with two attached hydrogens (primary N) is 1. The normalized spacial score (nSPS) is 13.0. The lowest BCUT2D eigenvalue weighted by Crippen LogP contribution is -2.49. The smallest absolute Gasteiger partial charge is 0.356 e. The van der Waals surface area contributed by atoms with Crippen molar-refractivity contribution in [2.45, 2.75) is 45.7 Å². The molecule has 2 atom stereocenters. The average Bonchev–Trinajstić information content (AvgIpc) is 3.47. The minimum atomic E-state index is -1.21. The van der Waals surface area contributed by atoms with E-state index in [9.17, 15) is 19.5 Å². The van der Waals surface area contributed by atoms with E-state index >= 15 is 0 Å². The number of imide groups is 1. The summed E-state index contributed by atoms with van der Waals surface area (Å²) >= 11 is 0. The van der Waals surface area contributed by atoms with E-state index in [1.54, 1.807) is 19.1 Å². The van der Waals surface area contributed by atoms with Gasteiger partial charge in [-0.05, 0) is 43.0 Å². The summed E-state index contributed by atoms with van der Waals surface area (Å²) in [5.74, 6) is -2.07. The Morgan fingerprint density at radius 2 is 1.89 bits per heavy atom. The number of carboxylic acid groups (broad SMARTS) is 1. The number of para-hydroxylation sites is 1. The number of fused-ring (bicyclic) bond motifs is 1. The Balaban J connectivity index is 1.87. The van der Waals surface area contributed by atoms with Crippen molar-refractivity contribution < 1.29 is 19.5 Å². The lowest BCUT2D eigenvalue weighted by molar-refractivity contribution is -0.132. The molecule has 3 aromatic heterocycles. The van der Waals surface area contributed by atoms with Gasteiger partial charge in [-0.3, -0.25) is 19.5 Å². The molecule has 5 N–H and O–H groups in total. The number of nitrogens with zero attached hydrogens (tertiary/aromatic N) is 3. The number of aromatic carboxylic acids is 1. The fraction of sp³-hybridized carbons (Fsp3) is 0.296. The molecule has 0 unspecified atom stereocenters. The van der Waals surface area contributed by atoms with E-state index in [-0.39, 0.29) is 29.4 Å². The second kappa shape index (κ2) is 10.8. The first kappa shape index (κ1) is 25.8. The predicted octanol–water partition coefficient (Wildman–Crippen LogP) is 3.62. The van der Waals surface area contributed by atoms with Gasteiger partial charge in [-0.2, -0.15) is 0 Å². The number of benzene rings is 1. The van der Waals surface area contributed by atoms with E-state index in [4.69, 9.17) is 5.73 Å². The highest BCUT2D eigenvalue weighted by molar-refractivity contribution is 6.06. The van der Waals surface area contributed by atoms with Crippen molar-refractivity contribution in [2.24, 2.45) is 11.7 Å². The van der Waals surface area contributed by atoms with Crippen LogP contribution in [-0.2, 0) is 11.2 Å². The van der Waals surface area contributed by atoms with Gasteiger partial charge in [0.1, 0.15) is 11.9 Å². The molecule has 0 bridgehead atoms. The fourth-order valence-electron chi connectivity index (χ4n) is 4.48. The minimum absolute atomic E-state index is 0.117. The number of nitrogens with one attached hydrogen (secondary N) is 2. The van der Waals surface area contributed by atoms with Crippen LogP contribution >= 0.6 is 0 Å². The van der Waals surface area contributed by atoms with Crippen molar-refractivity contribution in [1.29, 1.82) is 0 Å². The molecule has 0 saturated carbocycles. The van der Waals surface area contributed by atoms with Crippen molar-refractivity contribution >= 4 is 28.7 Å². The minimum Gasteiger partial charge on any atom is -0.476 e. The molecule has 4 rings (SSSR count). The zero-order chi connectivity index (χ0) is 26.7. The van der Waals surface area contributed by atoms with Gasteiger partial charge in [-0.1, -0.05) is 32.0 Å². The molecule has 10 heteroatoms. The molecule has 0 aliphatic heterocycles.